The lowest BCUT2D eigenvalue weighted by Gasteiger charge is -2.11. The molecule has 2 rings (SSSR count). The van der Waals surface area contributed by atoms with Crippen molar-refractivity contribution < 1.29 is 4.74 Å². The molecule has 106 valence electrons. The first-order valence-corrected chi connectivity index (χ1v) is 7.33. The molecule has 1 N–H and O–H groups in total. The Hall–Kier alpha value is -1.80. The first kappa shape index (κ1) is 14.6. The van der Waals surface area contributed by atoms with Gasteiger partial charge in [0, 0.05) is 5.56 Å². The van der Waals surface area contributed by atoms with Crippen LogP contribution in [-0.2, 0) is 0 Å². The van der Waals surface area contributed by atoms with Gasteiger partial charge in [-0.1, -0.05) is 48.5 Å². The summed E-state index contributed by atoms with van der Waals surface area (Å²) in [6.07, 6.45) is 3.51. The Bertz CT molecular complexity index is 496. The number of hydrogen-bond donors (Lipinski definition) is 1. The predicted molar refractivity (Wildman–Crippen MR) is 85.2 cm³/mol. The van der Waals surface area contributed by atoms with E-state index in [2.05, 4.69) is 47.8 Å². The van der Waals surface area contributed by atoms with E-state index >= 15 is 0 Å². The highest BCUT2D eigenvalue weighted by Gasteiger charge is 2.04. The maximum absolute atomic E-state index is 5.95. The molecule has 2 nitrogen and oxygen atoms in total. The zero-order valence-corrected chi connectivity index (χ0v) is 12.1. The van der Waals surface area contributed by atoms with Gasteiger partial charge in [0.2, 0.25) is 0 Å². The fourth-order valence-electron chi connectivity index (χ4n) is 2.21. The first-order chi connectivity index (χ1) is 9.92. The van der Waals surface area contributed by atoms with Crippen molar-refractivity contribution >= 4 is 0 Å². The second-order valence-corrected chi connectivity index (χ2v) is 4.87. The van der Waals surface area contributed by atoms with Gasteiger partial charge in [-0.2, -0.15) is 0 Å². The fraction of sp³-hybridized carbons (Fsp3) is 0.333. The molecule has 0 amide bonds. The van der Waals surface area contributed by atoms with Gasteiger partial charge < -0.3 is 10.1 Å². The molecular weight excluding hydrogens is 246 g/mol. The van der Waals surface area contributed by atoms with Crippen LogP contribution in [-0.4, -0.2) is 20.2 Å². The summed E-state index contributed by atoms with van der Waals surface area (Å²) in [7, 11) is 1.99. The zero-order chi connectivity index (χ0) is 14.0. The second-order valence-electron chi connectivity index (χ2n) is 4.87. The molecule has 2 aromatic carbocycles. The highest BCUT2D eigenvalue weighted by molar-refractivity contribution is 5.70. The first-order valence-electron chi connectivity index (χ1n) is 7.33. The molecule has 0 bridgehead atoms. The summed E-state index contributed by atoms with van der Waals surface area (Å²) in [5, 5.41) is 3.17. The molecule has 20 heavy (non-hydrogen) atoms. The molecule has 0 aliphatic heterocycles. The van der Waals surface area contributed by atoms with Crippen molar-refractivity contribution in [3.63, 3.8) is 0 Å². The summed E-state index contributed by atoms with van der Waals surface area (Å²) in [5.41, 5.74) is 2.38. The minimum atomic E-state index is 0.785. The zero-order valence-electron chi connectivity index (χ0n) is 12.1. The largest absolute Gasteiger partial charge is 0.493 e. The number of ether oxygens (including phenoxy) is 1. The van der Waals surface area contributed by atoms with Crippen molar-refractivity contribution in [1.82, 2.24) is 5.32 Å². The van der Waals surface area contributed by atoms with Crippen molar-refractivity contribution in [3.8, 4) is 16.9 Å². The van der Waals surface area contributed by atoms with E-state index in [1.807, 2.05) is 19.2 Å². The third kappa shape index (κ3) is 4.39. The summed E-state index contributed by atoms with van der Waals surface area (Å²) in [6.45, 7) is 1.87. The third-order valence-electron chi connectivity index (χ3n) is 3.30. The number of para-hydroxylation sites is 1. The van der Waals surface area contributed by atoms with Crippen LogP contribution in [0.1, 0.15) is 19.3 Å². The van der Waals surface area contributed by atoms with Gasteiger partial charge in [0.1, 0.15) is 5.75 Å². The van der Waals surface area contributed by atoms with Gasteiger partial charge in [0.15, 0.2) is 0 Å². The van der Waals surface area contributed by atoms with E-state index in [1.54, 1.807) is 0 Å². The number of unbranched alkanes of at least 4 members (excludes halogenated alkanes) is 2. The SMILES string of the molecule is CNCCCCCOc1ccccc1-c1ccccc1. The fourth-order valence-corrected chi connectivity index (χ4v) is 2.21. The Kier molecular flexibility index (Phi) is 6.12. The molecule has 0 heterocycles. The second kappa shape index (κ2) is 8.39. The molecule has 0 saturated heterocycles. The van der Waals surface area contributed by atoms with Crippen LogP contribution in [0.2, 0.25) is 0 Å². The van der Waals surface area contributed by atoms with Gasteiger partial charge in [-0.15, -0.1) is 0 Å². The molecule has 0 unspecified atom stereocenters. The van der Waals surface area contributed by atoms with Gasteiger partial charge in [0.25, 0.3) is 0 Å². The Morgan fingerprint density at radius 1 is 0.850 bits per heavy atom. The van der Waals surface area contributed by atoms with Crippen LogP contribution < -0.4 is 10.1 Å². The Labute approximate surface area is 121 Å². The monoisotopic (exact) mass is 269 g/mol. The average Bonchev–Trinajstić information content (AvgIpc) is 2.52. The van der Waals surface area contributed by atoms with Crippen LogP contribution in [0.4, 0.5) is 0 Å². The minimum Gasteiger partial charge on any atom is -0.493 e. The average molecular weight is 269 g/mol. The lowest BCUT2D eigenvalue weighted by molar-refractivity contribution is 0.306. The maximum Gasteiger partial charge on any atom is 0.127 e. The highest BCUT2D eigenvalue weighted by Crippen LogP contribution is 2.29. The Morgan fingerprint density at radius 2 is 1.60 bits per heavy atom. The minimum absolute atomic E-state index is 0.785. The van der Waals surface area contributed by atoms with Gasteiger partial charge in [-0.3, -0.25) is 0 Å². The van der Waals surface area contributed by atoms with Gasteiger partial charge in [-0.25, -0.2) is 0 Å². The van der Waals surface area contributed by atoms with Crippen LogP contribution >= 0.6 is 0 Å². The molecule has 2 aromatic rings. The van der Waals surface area contributed by atoms with Crippen molar-refractivity contribution in [1.29, 1.82) is 0 Å². The predicted octanol–water partition coefficient (Wildman–Crippen LogP) is 4.12. The van der Waals surface area contributed by atoms with Crippen molar-refractivity contribution in [2.24, 2.45) is 0 Å². The molecule has 0 spiro atoms. The van der Waals surface area contributed by atoms with Crippen LogP contribution in [0.3, 0.4) is 0 Å². The van der Waals surface area contributed by atoms with Crippen LogP contribution in [0.5, 0.6) is 5.75 Å². The molecule has 2 heteroatoms. The summed E-state index contributed by atoms with van der Waals surface area (Å²) in [4.78, 5) is 0. The van der Waals surface area contributed by atoms with E-state index in [4.69, 9.17) is 4.74 Å². The molecule has 0 aliphatic carbocycles. The van der Waals surface area contributed by atoms with Crippen molar-refractivity contribution in [2.75, 3.05) is 20.2 Å². The molecule has 0 radical (unpaired) electrons. The van der Waals surface area contributed by atoms with E-state index < -0.39 is 0 Å². The number of nitrogens with one attached hydrogen (secondary N) is 1. The van der Waals surface area contributed by atoms with Gasteiger partial charge in [0.05, 0.1) is 6.61 Å². The quantitative estimate of drug-likeness (QED) is 0.728. The summed E-state index contributed by atoms with van der Waals surface area (Å²) in [5.74, 6) is 0.979. The van der Waals surface area contributed by atoms with Crippen molar-refractivity contribution in [2.45, 2.75) is 19.3 Å². The Balaban J connectivity index is 1.92. The van der Waals surface area contributed by atoms with Crippen LogP contribution in [0.15, 0.2) is 54.6 Å². The topological polar surface area (TPSA) is 21.3 Å². The van der Waals surface area contributed by atoms with Crippen LogP contribution in [0, 0.1) is 0 Å². The van der Waals surface area contributed by atoms with E-state index in [9.17, 15) is 0 Å². The summed E-state index contributed by atoms with van der Waals surface area (Å²) in [6, 6.07) is 18.7. The lowest BCUT2D eigenvalue weighted by atomic mass is 10.1. The van der Waals surface area contributed by atoms with Crippen LogP contribution in [0.25, 0.3) is 11.1 Å². The number of hydrogen-bond acceptors (Lipinski definition) is 2. The van der Waals surface area contributed by atoms with E-state index in [0.717, 1.165) is 25.3 Å². The van der Waals surface area contributed by atoms with E-state index in [1.165, 1.54) is 24.0 Å². The van der Waals surface area contributed by atoms with Crippen molar-refractivity contribution in [3.05, 3.63) is 54.6 Å². The standard InChI is InChI=1S/C18H23NO/c1-19-14-8-3-9-15-20-18-13-7-6-12-17(18)16-10-4-2-5-11-16/h2,4-7,10-13,19H,3,8-9,14-15H2,1H3. The molecule has 0 aromatic heterocycles. The van der Waals surface area contributed by atoms with E-state index in [-0.39, 0.29) is 0 Å². The molecular formula is C18H23NO. The Morgan fingerprint density at radius 3 is 2.40 bits per heavy atom. The molecule has 0 atom stereocenters. The highest BCUT2D eigenvalue weighted by atomic mass is 16.5. The normalized spacial score (nSPS) is 10.4. The summed E-state index contributed by atoms with van der Waals surface area (Å²) < 4.78 is 5.95. The smallest absolute Gasteiger partial charge is 0.127 e. The lowest BCUT2D eigenvalue weighted by Crippen LogP contribution is -2.08. The summed E-state index contributed by atoms with van der Waals surface area (Å²) >= 11 is 0. The molecule has 0 fully saturated rings. The van der Waals surface area contributed by atoms with E-state index in [0.29, 0.717) is 0 Å². The maximum atomic E-state index is 5.95. The van der Waals surface area contributed by atoms with Gasteiger partial charge >= 0.3 is 0 Å². The van der Waals surface area contributed by atoms with Gasteiger partial charge in [-0.05, 0) is 44.5 Å². The number of rotatable bonds is 8. The number of benzene rings is 2. The molecule has 0 saturated carbocycles. The third-order valence-corrected chi connectivity index (χ3v) is 3.30. The molecule has 0 aliphatic rings.